The molecule has 0 saturated carbocycles. The monoisotopic (exact) mass is 547 g/mol. The van der Waals surface area contributed by atoms with E-state index in [1.54, 1.807) is 26.1 Å². The van der Waals surface area contributed by atoms with Crippen molar-refractivity contribution >= 4 is 52.2 Å². The van der Waals surface area contributed by atoms with Crippen molar-refractivity contribution in [1.29, 1.82) is 0 Å². The zero-order chi connectivity index (χ0) is 27.0. The molecule has 2 atom stereocenters. The number of para-hydroxylation sites is 1. The van der Waals surface area contributed by atoms with E-state index in [1.165, 1.54) is 4.90 Å². The Bertz CT molecular complexity index is 1480. The smallest absolute Gasteiger partial charge is 0.272 e. The minimum atomic E-state index is -1.11. The molecule has 2 amide bonds. The lowest BCUT2D eigenvalue weighted by molar-refractivity contribution is -0.129. The number of ketones is 1. The number of benzene rings is 3. The van der Waals surface area contributed by atoms with E-state index in [4.69, 9.17) is 28.2 Å². The molecule has 194 valence electrons. The van der Waals surface area contributed by atoms with Crippen molar-refractivity contribution in [3.05, 3.63) is 98.5 Å². The third kappa shape index (κ3) is 5.11. The topological polar surface area (TPSA) is 78.8 Å². The second-order valence-corrected chi connectivity index (χ2v) is 10.6. The summed E-state index contributed by atoms with van der Waals surface area (Å²) in [6.07, 6.45) is 1.51. The first-order valence-corrected chi connectivity index (χ1v) is 13.3. The molecule has 2 aliphatic rings. The fourth-order valence-corrected chi connectivity index (χ4v) is 5.35. The maximum atomic E-state index is 13.5. The van der Waals surface area contributed by atoms with Gasteiger partial charge in [-0.05, 0) is 54.7 Å². The van der Waals surface area contributed by atoms with Crippen LogP contribution in [0.4, 0.5) is 5.69 Å². The Morgan fingerprint density at radius 3 is 2.61 bits per heavy atom. The van der Waals surface area contributed by atoms with Gasteiger partial charge in [-0.1, -0.05) is 66.5 Å². The van der Waals surface area contributed by atoms with Crippen LogP contribution in [-0.2, 0) is 22.4 Å². The minimum absolute atomic E-state index is 0.150. The fraction of sp³-hybridized carbons (Fsp3) is 0.267. The average molecular weight is 548 g/mol. The highest BCUT2D eigenvalue weighted by Crippen LogP contribution is 2.30. The quantitative estimate of drug-likeness (QED) is 0.448. The molecule has 6 nitrogen and oxygen atoms in total. The number of nitrogens with zero attached hydrogens (tertiary/aromatic N) is 2. The SMILES string of the molecule is C[C@@H](Cc1ccc(Cl)c(Cl)c1)C(=O)NC1N=C(c2ccc3c(c2)CCCC3=O)c2ccccc2N(C)C1=O. The van der Waals surface area contributed by atoms with Crippen LogP contribution in [0.2, 0.25) is 10.0 Å². The Hall–Kier alpha value is -3.48. The van der Waals surface area contributed by atoms with E-state index in [-0.39, 0.29) is 17.6 Å². The third-order valence-corrected chi connectivity index (χ3v) is 7.86. The molecule has 1 heterocycles. The highest BCUT2D eigenvalue weighted by atomic mass is 35.5. The van der Waals surface area contributed by atoms with Gasteiger partial charge in [0.05, 0.1) is 21.4 Å². The number of nitrogens with one attached hydrogen (secondary N) is 1. The molecule has 0 radical (unpaired) electrons. The standard InChI is InChI=1S/C30H27Cl2N3O3/c1-17(14-18-10-13-23(31)24(32)15-18)29(37)34-28-30(38)35(2)25-8-4-3-7-22(25)27(33-28)20-11-12-21-19(16-20)6-5-9-26(21)36/h3-4,7-8,10-13,15-17,28H,5-6,9,14H2,1-2H3,(H,34,37)/t17-,28?/m0/s1. The van der Waals surface area contributed by atoms with Crippen LogP contribution in [0.5, 0.6) is 0 Å². The second kappa shape index (κ2) is 10.7. The molecule has 0 spiro atoms. The van der Waals surface area contributed by atoms with Crippen molar-refractivity contribution in [3.8, 4) is 0 Å². The molecule has 1 aliphatic heterocycles. The zero-order valence-corrected chi connectivity index (χ0v) is 22.6. The molecule has 1 aliphatic carbocycles. The maximum absolute atomic E-state index is 13.5. The Balaban J connectivity index is 1.48. The van der Waals surface area contributed by atoms with E-state index in [2.05, 4.69) is 5.32 Å². The van der Waals surface area contributed by atoms with E-state index in [0.29, 0.717) is 34.3 Å². The van der Waals surface area contributed by atoms with Crippen LogP contribution in [-0.4, -0.2) is 36.5 Å². The molecule has 38 heavy (non-hydrogen) atoms. The fourth-order valence-electron chi connectivity index (χ4n) is 5.03. The van der Waals surface area contributed by atoms with E-state index in [1.807, 2.05) is 48.5 Å². The largest absolute Gasteiger partial charge is 0.326 e. The van der Waals surface area contributed by atoms with Gasteiger partial charge in [-0.15, -0.1) is 0 Å². The van der Waals surface area contributed by atoms with Gasteiger partial charge in [0.1, 0.15) is 0 Å². The summed E-state index contributed by atoms with van der Waals surface area (Å²) in [5.74, 6) is -0.926. The number of carbonyl (C=O) groups is 3. The summed E-state index contributed by atoms with van der Waals surface area (Å²) >= 11 is 12.2. The summed E-state index contributed by atoms with van der Waals surface area (Å²) in [6, 6.07) is 18.5. The number of aryl methyl sites for hydroxylation is 1. The first-order chi connectivity index (χ1) is 18.2. The molecule has 0 aromatic heterocycles. The summed E-state index contributed by atoms with van der Waals surface area (Å²) in [5, 5.41) is 3.74. The van der Waals surface area contributed by atoms with Crippen molar-refractivity contribution in [2.45, 2.75) is 38.8 Å². The van der Waals surface area contributed by atoms with Crippen molar-refractivity contribution in [2.24, 2.45) is 10.9 Å². The van der Waals surface area contributed by atoms with E-state index in [0.717, 1.165) is 40.7 Å². The van der Waals surface area contributed by atoms with Crippen LogP contribution in [0.1, 0.15) is 52.4 Å². The van der Waals surface area contributed by atoms with E-state index >= 15 is 0 Å². The first kappa shape index (κ1) is 26.1. The number of halogens is 2. The number of benzodiazepines with no additional fused rings is 1. The summed E-state index contributed by atoms with van der Waals surface area (Å²) in [6.45, 7) is 1.79. The summed E-state index contributed by atoms with van der Waals surface area (Å²) in [7, 11) is 1.68. The van der Waals surface area contributed by atoms with Crippen LogP contribution in [0.3, 0.4) is 0 Å². The molecule has 0 saturated heterocycles. The maximum Gasteiger partial charge on any atom is 0.272 e. The number of amides is 2. The average Bonchev–Trinajstić information content (AvgIpc) is 3.01. The van der Waals surface area contributed by atoms with Gasteiger partial charge in [-0.2, -0.15) is 0 Å². The number of fused-ring (bicyclic) bond motifs is 2. The van der Waals surface area contributed by atoms with Crippen molar-refractivity contribution in [2.75, 3.05) is 11.9 Å². The van der Waals surface area contributed by atoms with Crippen LogP contribution in [0, 0.1) is 5.92 Å². The van der Waals surface area contributed by atoms with Crippen LogP contribution >= 0.6 is 23.2 Å². The Morgan fingerprint density at radius 2 is 1.82 bits per heavy atom. The van der Waals surface area contributed by atoms with Gasteiger partial charge in [0, 0.05) is 36.1 Å². The number of rotatable bonds is 5. The molecule has 3 aromatic carbocycles. The van der Waals surface area contributed by atoms with Gasteiger partial charge in [0.2, 0.25) is 12.1 Å². The number of anilines is 1. The zero-order valence-electron chi connectivity index (χ0n) is 21.1. The lowest BCUT2D eigenvalue weighted by atomic mass is 9.88. The van der Waals surface area contributed by atoms with Gasteiger partial charge >= 0.3 is 0 Å². The van der Waals surface area contributed by atoms with Crippen LogP contribution in [0.25, 0.3) is 0 Å². The molecule has 3 aromatic rings. The molecular formula is C30H27Cl2N3O3. The van der Waals surface area contributed by atoms with Gasteiger partial charge in [-0.25, -0.2) is 4.99 Å². The molecule has 0 bridgehead atoms. The number of Topliss-reactive ketones (excluding diaryl/α,β-unsaturated/α-hetero) is 1. The van der Waals surface area contributed by atoms with E-state index in [9.17, 15) is 14.4 Å². The molecule has 0 fully saturated rings. The molecule has 5 rings (SSSR count). The third-order valence-electron chi connectivity index (χ3n) is 7.12. The highest BCUT2D eigenvalue weighted by Gasteiger charge is 2.32. The van der Waals surface area contributed by atoms with Gasteiger partial charge in [0.25, 0.3) is 5.91 Å². The number of carbonyl (C=O) groups excluding carboxylic acids is 3. The van der Waals surface area contributed by atoms with Gasteiger partial charge in [-0.3, -0.25) is 14.4 Å². The molecule has 1 unspecified atom stereocenters. The summed E-state index contributed by atoms with van der Waals surface area (Å²) < 4.78 is 0. The van der Waals surface area contributed by atoms with Crippen LogP contribution in [0.15, 0.2) is 65.7 Å². The summed E-state index contributed by atoms with van der Waals surface area (Å²) in [5.41, 5.74) is 5.48. The Kier molecular flexibility index (Phi) is 7.37. The second-order valence-electron chi connectivity index (χ2n) is 9.81. The lowest BCUT2D eigenvalue weighted by Crippen LogP contribution is -2.47. The van der Waals surface area contributed by atoms with E-state index < -0.39 is 12.1 Å². The normalized spacial score (nSPS) is 17.7. The first-order valence-electron chi connectivity index (χ1n) is 12.6. The Labute approximate surface area is 231 Å². The van der Waals surface area contributed by atoms with Crippen molar-refractivity contribution in [1.82, 2.24) is 5.32 Å². The number of likely N-dealkylation sites (N-methyl/N-ethyl adjacent to an activating group) is 1. The highest BCUT2D eigenvalue weighted by molar-refractivity contribution is 6.42. The molecular weight excluding hydrogens is 521 g/mol. The summed E-state index contributed by atoms with van der Waals surface area (Å²) in [4.78, 5) is 45.4. The molecule has 1 N–H and O–H groups in total. The van der Waals surface area contributed by atoms with Crippen LogP contribution < -0.4 is 10.2 Å². The predicted molar refractivity (Wildman–Crippen MR) is 150 cm³/mol. The lowest BCUT2D eigenvalue weighted by Gasteiger charge is -2.22. The number of hydrogen-bond donors (Lipinski definition) is 1. The minimum Gasteiger partial charge on any atom is -0.326 e. The van der Waals surface area contributed by atoms with Gasteiger partial charge < -0.3 is 10.2 Å². The molecule has 8 heteroatoms. The van der Waals surface area contributed by atoms with Gasteiger partial charge in [0.15, 0.2) is 5.78 Å². The van der Waals surface area contributed by atoms with Crippen molar-refractivity contribution < 1.29 is 14.4 Å². The Morgan fingerprint density at radius 1 is 1.03 bits per heavy atom. The predicted octanol–water partition coefficient (Wildman–Crippen LogP) is 5.65. The van der Waals surface area contributed by atoms with Crippen molar-refractivity contribution in [3.63, 3.8) is 0 Å². The number of hydrogen-bond acceptors (Lipinski definition) is 4. The number of aliphatic imine (C=N–C) groups is 1.